The number of benzene rings is 1. The number of aryl methyl sites for hydroxylation is 2. The molecule has 1 aromatic carbocycles. The second-order valence-electron chi connectivity index (χ2n) is 7.90. The van der Waals surface area contributed by atoms with Crippen molar-refractivity contribution in [3.8, 4) is 0 Å². The van der Waals surface area contributed by atoms with Crippen LogP contribution in [-0.2, 0) is 15.7 Å². The SMILES string of the molecule is CCCCc1ccc(B2OC(C)(C)C(C)(C)O2)c2nc(N)c(C)nc12. The molecule has 1 saturated heterocycles. The Hall–Kier alpha value is -1.66. The van der Waals surface area contributed by atoms with Crippen molar-refractivity contribution >= 4 is 29.4 Å². The summed E-state index contributed by atoms with van der Waals surface area (Å²) in [5.41, 5.74) is 9.82. The van der Waals surface area contributed by atoms with Crippen LogP contribution in [0.1, 0.15) is 58.7 Å². The summed E-state index contributed by atoms with van der Waals surface area (Å²) in [5.74, 6) is 0.456. The molecule has 1 aliphatic rings. The van der Waals surface area contributed by atoms with E-state index in [9.17, 15) is 0 Å². The first-order valence-electron chi connectivity index (χ1n) is 9.07. The summed E-state index contributed by atoms with van der Waals surface area (Å²) in [5, 5.41) is 0. The Bertz CT molecular complexity index is 789. The van der Waals surface area contributed by atoms with Gasteiger partial charge in [-0.15, -0.1) is 0 Å². The third-order valence-electron chi connectivity index (χ3n) is 5.46. The first-order valence-corrected chi connectivity index (χ1v) is 9.07. The van der Waals surface area contributed by atoms with Crippen LogP contribution in [0.25, 0.3) is 11.0 Å². The summed E-state index contributed by atoms with van der Waals surface area (Å²) in [7, 11) is -0.468. The molecule has 2 N–H and O–H groups in total. The average Bonchev–Trinajstić information content (AvgIpc) is 2.74. The summed E-state index contributed by atoms with van der Waals surface area (Å²) in [6, 6.07) is 4.18. The fourth-order valence-corrected chi connectivity index (χ4v) is 3.03. The van der Waals surface area contributed by atoms with Gasteiger partial charge in [-0.1, -0.05) is 25.5 Å². The van der Waals surface area contributed by atoms with Crippen LogP contribution in [0, 0.1) is 6.92 Å². The summed E-state index contributed by atoms with van der Waals surface area (Å²) < 4.78 is 12.4. The molecule has 5 nitrogen and oxygen atoms in total. The van der Waals surface area contributed by atoms with Gasteiger partial charge in [0.1, 0.15) is 5.82 Å². The largest absolute Gasteiger partial charge is 0.497 e. The zero-order valence-corrected chi connectivity index (χ0v) is 16.1. The van der Waals surface area contributed by atoms with Crippen molar-refractivity contribution in [1.29, 1.82) is 0 Å². The molecule has 1 fully saturated rings. The zero-order chi connectivity index (χ0) is 18.4. The number of aromatic nitrogens is 2. The Labute approximate surface area is 150 Å². The Morgan fingerprint density at radius 2 is 1.68 bits per heavy atom. The Balaban J connectivity index is 2.12. The summed E-state index contributed by atoms with van der Waals surface area (Å²) in [6.07, 6.45) is 3.24. The molecule has 6 heteroatoms. The van der Waals surface area contributed by atoms with Gasteiger partial charge in [0.05, 0.1) is 27.9 Å². The predicted molar refractivity (Wildman–Crippen MR) is 103 cm³/mol. The highest BCUT2D eigenvalue weighted by Gasteiger charge is 2.52. The van der Waals surface area contributed by atoms with Gasteiger partial charge in [0.25, 0.3) is 0 Å². The van der Waals surface area contributed by atoms with E-state index in [2.05, 4.69) is 51.7 Å². The normalized spacial score (nSPS) is 18.9. The first-order chi connectivity index (χ1) is 11.7. The van der Waals surface area contributed by atoms with Crippen LogP contribution in [0.2, 0.25) is 0 Å². The molecule has 0 saturated carbocycles. The van der Waals surface area contributed by atoms with Crippen molar-refractivity contribution in [2.24, 2.45) is 0 Å². The third-order valence-corrected chi connectivity index (χ3v) is 5.46. The van der Waals surface area contributed by atoms with Gasteiger partial charge in [-0.2, -0.15) is 0 Å². The van der Waals surface area contributed by atoms with E-state index in [1.54, 1.807) is 0 Å². The van der Waals surface area contributed by atoms with Gasteiger partial charge in [0, 0.05) is 5.46 Å². The van der Waals surface area contributed by atoms with Gasteiger partial charge in [0.2, 0.25) is 0 Å². The lowest BCUT2D eigenvalue weighted by Crippen LogP contribution is -2.41. The zero-order valence-electron chi connectivity index (χ0n) is 16.1. The van der Waals surface area contributed by atoms with E-state index in [0.717, 1.165) is 41.5 Å². The van der Waals surface area contributed by atoms with E-state index in [0.29, 0.717) is 5.82 Å². The van der Waals surface area contributed by atoms with Crippen molar-refractivity contribution in [3.05, 3.63) is 23.4 Å². The average molecular weight is 341 g/mol. The number of rotatable bonds is 4. The molecule has 0 amide bonds. The Morgan fingerprint density at radius 1 is 1.04 bits per heavy atom. The number of hydrogen-bond acceptors (Lipinski definition) is 5. The molecule has 0 bridgehead atoms. The monoisotopic (exact) mass is 341 g/mol. The van der Waals surface area contributed by atoms with Crippen LogP contribution in [0.3, 0.4) is 0 Å². The maximum Gasteiger partial charge on any atom is 0.497 e. The lowest BCUT2D eigenvalue weighted by atomic mass is 9.77. The van der Waals surface area contributed by atoms with Crippen molar-refractivity contribution < 1.29 is 9.31 Å². The van der Waals surface area contributed by atoms with Crippen molar-refractivity contribution in [2.75, 3.05) is 5.73 Å². The molecule has 134 valence electrons. The second-order valence-corrected chi connectivity index (χ2v) is 7.90. The summed E-state index contributed by atoms with van der Waals surface area (Å²) in [6.45, 7) is 12.3. The molecule has 1 aliphatic heterocycles. The van der Waals surface area contributed by atoms with E-state index in [4.69, 9.17) is 20.0 Å². The van der Waals surface area contributed by atoms with Gasteiger partial charge < -0.3 is 15.0 Å². The van der Waals surface area contributed by atoms with E-state index < -0.39 is 18.3 Å². The lowest BCUT2D eigenvalue weighted by Gasteiger charge is -2.32. The van der Waals surface area contributed by atoms with E-state index in [-0.39, 0.29) is 0 Å². The maximum atomic E-state index is 6.22. The topological polar surface area (TPSA) is 70.3 Å². The highest BCUT2D eigenvalue weighted by molar-refractivity contribution is 6.65. The Kier molecular flexibility index (Phi) is 4.54. The summed E-state index contributed by atoms with van der Waals surface area (Å²) in [4.78, 5) is 9.37. The molecule has 3 rings (SSSR count). The van der Waals surface area contributed by atoms with Crippen molar-refractivity contribution in [2.45, 2.75) is 72.0 Å². The highest BCUT2D eigenvalue weighted by atomic mass is 16.7. The molecular formula is C19H28BN3O2. The van der Waals surface area contributed by atoms with E-state index >= 15 is 0 Å². The molecule has 2 aromatic rings. The van der Waals surface area contributed by atoms with Crippen LogP contribution < -0.4 is 11.2 Å². The highest BCUT2D eigenvalue weighted by Crippen LogP contribution is 2.37. The van der Waals surface area contributed by atoms with Crippen LogP contribution in [0.5, 0.6) is 0 Å². The van der Waals surface area contributed by atoms with Crippen LogP contribution in [-0.4, -0.2) is 28.3 Å². The number of nitrogens with two attached hydrogens (primary N) is 1. The quantitative estimate of drug-likeness (QED) is 0.865. The second kappa shape index (κ2) is 6.25. The minimum absolute atomic E-state index is 0.394. The van der Waals surface area contributed by atoms with Crippen LogP contribution in [0.4, 0.5) is 5.82 Å². The minimum atomic E-state index is -0.468. The molecule has 1 aromatic heterocycles. The lowest BCUT2D eigenvalue weighted by molar-refractivity contribution is 0.00578. The molecular weight excluding hydrogens is 313 g/mol. The number of fused-ring (bicyclic) bond motifs is 1. The molecule has 25 heavy (non-hydrogen) atoms. The number of hydrogen-bond donors (Lipinski definition) is 1. The summed E-state index contributed by atoms with van der Waals surface area (Å²) >= 11 is 0. The molecule has 0 aliphatic carbocycles. The maximum absolute atomic E-state index is 6.22. The number of unbranched alkanes of at least 4 members (excludes halogenated alkanes) is 1. The molecule has 2 heterocycles. The smallest absolute Gasteiger partial charge is 0.399 e. The van der Waals surface area contributed by atoms with Crippen LogP contribution in [0.15, 0.2) is 12.1 Å². The first kappa shape index (κ1) is 18.1. The molecule has 0 radical (unpaired) electrons. The van der Waals surface area contributed by atoms with Gasteiger partial charge in [-0.3, -0.25) is 0 Å². The Morgan fingerprint density at radius 3 is 2.28 bits per heavy atom. The van der Waals surface area contributed by atoms with Gasteiger partial charge >= 0.3 is 7.12 Å². The standard InChI is InChI=1S/C19H28BN3O2/c1-7-8-9-13-10-11-14(16-15(13)22-12(2)17(21)23-16)20-24-18(3,4)19(5,6)25-20/h10-11H,7-9H2,1-6H3,(H2,21,23). The predicted octanol–water partition coefficient (Wildman–Crippen LogP) is 3.16. The molecule has 0 spiro atoms. The number of anilines is 1. The van der Waals surface area contributed by atoms with Crippen LogP contribution >= 0.6 is 0 Å². The fraction of sp³-hybridized carbons (Fsp3) is 0.579. The van der Waals surface area contributed by atoms with Gasteiger partial charge in [-0.25, -0.2) is 9.97 Å². The van der Waals surface area contributed by atoms with Crippen molar-refractivity contribution in [1.82, 2.24) is 9.97 Å². The molecule has 0 unspecified atom stereocenters. The van der Waals surface area contributed by atoms with Gasteiger partial charge in [-0.05, 0) is 53.0 Å². The van der Waals surface area contributed by atoms with E-state index in [1.807, 2.05) is 6.92 Å². The van der Waals surface area contributed by atoms with Gasteiger partial charge in [0.15, 0.2) is 0 Å². The fourth-order valence-electron chi connectivity index (χ4n) is 3.03. The van der Waals surface area contributed by atoms with Crippen molar-refractivity contribution in [3.63, 3.8) is 0 Å². The number of nitrogen functional groups attached to an aromatic ring is 1. The molecule has 0 atom stereocenters. The third kappa shape index (κ3) is 3.13. The number of nitrogens with zero attached hydrogens (tertiary/aromatic N) is 2. The van der Waals surface area contributed by atoms with E-state index in [1.165, 1.54) is 5.56 Å². The minimum Gasteiger partial charge on any atom is -0.399 e.